The Labute approximate surface area is 91.8 Å². The first-order valence-corrected chi connectivity index (χ1v) is 4.09. The van der Waals surface area contributed by atoms with Gasteiger partial charge in [-0.15, -0.1) is 0 Å². The average Bonchev–Trinajstić information content (AvgIpc) is 2.14. The third-order valence-corrected chi connectivity index (χ3v) is 1.61. The van der Waals surface area contributed by atoms with Crippen molar-refractivity contribution in [3.05, 3.63) is 0 Å². The van der Waals surface area contributed by atoms with E-state index >= 15 is 0 Å². The van der Waals surface area contributed by atoms with Gasteiger partial charge >= 0.3 is 18.1 Å². The molecule has 0 aliphatic heterocycles. The van der Waals surface area contributed by atoms with Crippen LogP contribution in [0.5, 0.6) is 0 Å². The third-order valence-electron chi connectivity index (χ3n) is 1.61. The van der Waals surface area contributed by atoms with Crippen molar-refractivity contribution in [1.82, 2.24) is 5.32 Å². The van der Waals surface area contributed by atoms with Crippen molar-refractivity contribution in [3.63, 3.8) is 0 Å². The second-order valence-electron chi connectivity index (χ2n) is 2.97. The Kier molecular flexibility index (Phi) is 4.86. The fourth-order valence-electron chi connectivity index (χ4n) is 0.785. The van der Waals surface area contributed by atoms with Gasteiger partial charge in [-0.1, -0.05) is 0 Å². The van der Waals surface area contributed by atoms with Crippen LogP contribution < -0.4 is 11.1 Å². The summed E-state index contributed by atoms with van der Waals surface area (Å²) in [4.78, 5) is 31.1. The maximum Gasteiger partial charge on any atom is 0.471 e. The Hall–Kier alpha value is -1.87. The van der Waals surface area contributed by atoms with Crippen LogP contribution in [0.2, 0.25) is 0 Å². The summed E-state index contributed by atoms with van der Waals surface area (Å²) >= 11 is 0. The highest BCUT2D eigenvalue weighted by Crippen LogP contribution is 2.15. The molecule has 98 valence electrons. The van der Waals surface area contributed by atoms with Gasteiger partial charge in [0.2, 0.25) is 0 Å². The van der Waals surface area contributed by atoms with Crippen molar-refractivity contribution in [2.24, 2.45) is 5.73 Å². The summed E-state index contributed by atoms with van der Waals surface area (Å²) in [7, 11) is 0. The highest BCUT2D eigenvalue weighted by atomic mass is 19.4. The molecular weight excluding hydrogens is 252 g/mol. The minimum atomic E-state index is -5.30. The molecule has 0 aromatic heterocycles. The number of carbonyl (C=O) groups excluding carboxylic acids is 2. The molecule has 17 heavy (non-hydrogen) atoms. The average molecular weight is 260 g/mol. The number of carboxylic acids is 1. The second-order valence-corrected chi connectivity index (χ2v) is 2.97. The third kappa shape index (κ3) is 5.13. The van der Waals surface area contributed by atoms with Gasteiger partial charge in [0.05, 0.1) is 0 Å². The molecule has 10 heteroatoms. The summed E-state index contributed by atoms with van der Waals surface area (Å²) < 4.78 is 48.0. The molecule has 4 N–H and O–H groups in total. The van der Waals surface area contributed by atoms with Gasteiger partial charge in [-0.25, -0.2) is 9.18 Å². The molecule has 6 nitrogen and oxygen atoms in total. The molecule has 0 radical (unpaired) electrons. The fraction of sp³-hybridized carbons (Fsp3) is 0.571. The van der Waals surface area contributed by atoms with Gasteiger partial charge < -0.3 is 16.2 Å². The molecule has 0 aliphatic rings. The van der Waals surface area contributed by atoms with E-state index in [-0.39, 0.29) is 0 Å². The first-order valence-electron chi connectivity index (χ1n) is 4.09. The van der Waals surface area contributed by atoms with E-state index in [1.54, 1.807) is 0 Å². The van der Waals surface area contributed by atoms with Gasteiger partial charge in [0, 0.05) is 6.42 Å². The Morgan fingerprint density at radius 2 is 1.76 bits per heavy atom. The number of carboxylic acid groups (broad SMARTS) is 1. The molecular formula is C7H8F4N2O4. The van der Waals surface area contributed by atoms with Gasteiger partial charge in [0.15, 0.2) is 6.17 Å². The largest absolute Gasteiger partial charge is 0.480 e. The lowest BCUT2D eigenvalue weighted by molar-refractivity contribution is -0.175. The summed E-state index contributed by atoms with van der Waals surface area (Å²) in [5.41, 5.74) is 4.46. The molecule has 2 atom stereocenters. The van der Waals surface area contributed by atoms with Crippen molar-refractivity contribution >= 4 is 17.8 Å². The predicted molar refractivity (Wildman–Crippen MR) is 44.3 cm³/mol. The number of aliphatic carboxylic acids is 1. The Balaban J connectivity index is 4.62. The van der Waals surface area contributed by atoms with Crippen LogP contribution in [-0.2, 0) is 14.4 Å². The topological polar surface area (TPSA) is 109 Å². The van der Waals surface area contributed by atoms with Crippen LogP contribution in [0.25, 0.3) is 0 Å². The summed E-state index contributed by atoms with van der Waals surface area (Å²) in [5, 5.41) is 9.45. The summed E-state index contributed by atoms with van der Waals surface area (Å²) in [6.07, 6.45) is -8.94. The van der Waals surface area contributed by atoms with Crippen LogP contribution in [0.1, 0.15) is 6.42 Å². The molecule has 0 bridgehead atoms. The van der Waals surface area contributed by atoms with Gasteiger partial charge in [-0.05, 0) is 0 Å². The Morgan fingerprint density at radius 1 is 1.29 bits per heavy atom. The molecule has 0 unspecified atom stereocenters. The summed E-state index contributed by atoms with van der Waals surface area (Å²) in [5.74, 6) is -5.98. The van der Waals surface area contributed by atoms with E-state index in [9.17, 15) is 31.9 Å². The zero-order valence-corrected chi connectivity index (χ0v) is 8.12. The molecule has 0 aromatic rings. The number of alkyl halides is 4. The molecule has 0 saturated heterocycles. The number of halogens is 4. The fourth-order valence-corrected chi connectivity index (χ4v) is 0.785. The number of nitrogens with one attached hydrogen (secondary N) is 1. The maximum absolute atomic E-state index is 12.7. The van der Waals surface area contributed by atoms with Crippen molar-refractivity contribution < 1.29 is 37.1 Å². The zero-order valence-electron chi connectivity index (χ0n) is 8.12. The first-order chi connectivity index (χ1) is 7.55. The Morgan fingerprint density at radius 3 is 2.06 bits per heavy atom. The van der Waals surface area contributed by atoms with Gasteiger partial charge in [0.25, 0.3) is 5.91 Å². The summed E-state index contributed by atoms with van der Waals surface area (Å²) in [6, 6.07) is -2.19. The van der Waals surface area contributed by atoms with Crippen LogP contribution in [0.3, 0.4) is 0 Å². The molecule has 0 spiro atoms. The van der Waals surface area contributed by atoms with E-state index in [1.165, 1.54) is 0 Å². The predicted octanol–water partition coefficient (Wildman–Crippen LogP) is -0.668. The minimum Gasteiger partial charge on any atom is -0.480 e. The van der Waals surface area contributed by atoms with E-state index in [4.69, 9.17) is 5.11 Å². The molecule has 0 aromatic carbocycles. The van der Waals surface area contributed by atoms with Crippen LogP contribution in [0, 0.1) is 0 Å². The van der Waals surface area contributed by atoms with Crippen molar-refractivity contribution in [2.75, 3.05) is 0 Å². The van der Waals surface area contributed by atoms with Crippen LogP contribution in [-0.4, -0.2) is 41.3 Å². The van der Waals surface area contributed by atoms with Gasteiger partial charge in [0.1, 0.15) is 6.04 Å². The Bertz CT molecular complexity index is 330. The number of hydrogen-bond donors (Lipinski definition) is 3. The van der Waals surface area contributed by atoms with Gasteiger partial charge in [-0.3, -0.25) is 9.59 Å². The number of nitrogens with two attached hydrogens (primary N) is 1. The lowest BCUT2D eigenvalue weighted by Crippen LogP contribution is -2.48. The van der Waals surface area contributed by atoms with Crippen molar-refractivity contribution in [2.45, 2.75) is 24.8 Å². The molecule has 0 aliphatic carbocycles. The van der Waals surface area contributed by atoms with E-state index < -0.39 is 42.6 Å². The number of hydrogen-bond acceptors (Lipinski definition) is 3. The van der Waals surface area contributed by atoms with E-state index in [2.05, 4.69) is 5.73 Å². The number of amides is 2. The van der Waals surface area contributed by atoms with E-state index in [0.717, 1.165) is 5.32 Å². The minimum absolute atomic E-state index is 1.03. The smallest absolute Gasteiger partial charge is 0.471 e. The quantitative estimate of drug-likeness (QED) is 0.569. The first kappa shape index (κ1) is 15.1. The van der Waals surface area contributed by atoms with Gasteiger partial charge in [-0.2, -0.15) is 13.2 Å². The number of rotatable bonds is 5. The highest BCUT2D eigenvalue weighted by molar-refractivity contribution is 5.87. The number of primary amides is 1. The standard InChI is InChI=1S/C7H8F4N2O4/c8-2(4(12)14)1-3(5(15)16)13-6(17)7(9,10)11/h2-3H,1H2,(H2,12,14)(H,13,17)(H,15,16)/t2-,3-/m1/s1. The monoisotopic (exact) mass is 260 g/mol. The maximum atomic E-state index is 12.7. The van der Waals surface area contributed by atoms with Crippen LogP contribution in [0.15, 0.2) is 0 Å². The lowest BCUT2D eigenvalue weighted by atomic mass is 10.1. The SMILES string of the molecule is NC(=O)[C@H](F)C[C@@H](NC(=O)C(F)(F)F)C(=O)O. The molecule has 0 saturated carbocycles. The molecule has 2 amide bonds. The normalized spacial score (nSPS) is 14.8. The lowest BCUT2D eigenvalue weighted by Gasteiger charge is -2.16. The molecule has 0 rings (SSSR count). The van der Waals surface area contributed by atoms with Crippen molar-refractivity contribution in [3.8, 4) is 0 Å². The van der Waals surface area contributed by atoms with Crippen LogP contribution in [0.4, 0.5) is 17.6 Å². The molecule has 0 heterocycles. The number of carbonyl (C=O) groups is 3. The van der Waals surface area contributed by atoms with Crippen LogP contribution >= 0.6 is 0 Å². The molecule has 0 fully saturated rings. The van der Waals surface area contributed by atoms with E-state index in [1.807, 2.05) is 0 Å². The van der Waals surface area contributed by atoms with E-state index in [0.29, 0.717) is 0 Å². The highest BCUT2D eigenvalue weighted by Gasteiger charge is 2.41. The zero-order chi connectivity index (χ0) is 13.8. The summed E-state index contributed by atoms with van der Waals surface area (Å²) in [6.45, 7) is 0. The second kappa shape index (κ2) is 5.46. The van der Waals surface area contributed by atoms with Crippen molar-refractivity contribution in [1.29, 1.82) is 0 Å².